The van der Waals surface area contributed by atoms with Gasteiger partial charge in [-0.05, 0) is 61.8 Å². The Hall–Kier alpha value is -3.28. The highest BCUT2D eigenvalue weighted by Crippen LogP contribution is 2.25. The predicted octanol–water partition coefficient (Wildman–Crippen LogP) is 4.70. The van der Waals surface area contributed by atoms with Crippen LogP contribution in [0.1, 0.15) is 46.4 Å². The van der Waals surface area contributed by atoms with Gasteiger partial charge in [-0.1, -0.05) is 42.5 Å². The molecule has 0 saturated carbocycles. The van der Waals surface area contributed by atoms with Gasteiger partial charge in [0.05, 0.1) is 11.3 Å². The molecule has 160 valence electrons. The summed E-state index contributed by atoms with van der Waals surface area (Å²) >= 11 is 0. The first-order chi connectivity index (χ1) is 15.1. The minimum Gasteiger partial charge on any atom is -0.478 e. The number of carbonyl (C=O) groups is 1. The van der Waals surface area contributed by atoms with E-state index in [9.17, 15) is 14.3 Å². The molecule has 0 bridgehead atoms. The highest BCUT2D eigenvalue weighted by molar-refractivity contribution is 5.88. The summed E-state index contributed by atoms with van der Waals surface area (Å²) in [5.41, 5.74) is 2.69. The van der Waals surface area contributed by atoms with E-state index in [1.807, 2.05) is 24.3 Å². The fraction of sp³-hybridized carbons (Fsp3) is 0.320. The third kappa shape index (κ3) is 5.26. The Morgan fingerprint density at radius 1 is 1.06 bits per heavy atom. The molecule has 2 aromatic carbocycles. The molecule has 6 heteroatoms. The number of aromatic nitrogens is 2. The van der Waals surface area contributed by atoms with Crippen LogP contribution in [0, 0.1) is 5.82 Å². The van der Waals surface area contributed by atoms with Crippen LogP contribution in [0.2, 0.25) is 0 Å². The molecule has 5 nitrogen and oxygen atoms in total. The Kier molecular flexibility index (Phi) is 6.55. The first-order valence-electron chi connectivity index (χ1n) is 10.7. The lowest BCUT2D eigenvalue weighted by Crippen LogP contribution is -2.42. The summed E-state index contributed by atoms with van der Waals surface area (Å²) in [5, 5.41) is 9.60. The zero-order valence-electron chi connectivity index (χ0n) is 17.4. The largest absolute Gasteiger partial charge is 0.478 e. The average molecular weight is 420 g/mol. The fourth-order valence-electron chi connectivity index (χ4n) is 4.23. The van der Waals surface area contributed by atoms with Gasteiger partial charge in [-0.3, -0.25) is 0 Å². The maximum absolute atomic E-state index is 13.5. The van der Waals surface area contributed by atoms with Crippen LogP contribution in [0.3, 0.4) is 0 Å². The van der Waals surface area contributed by atoms with Gasteiger partial charge in [0.25, 0.3) is 0 Å². The molecular weight excluding hydrogens is 393 g/mol. The van der Waals surface area contributed by atoms with Gasteiger partial charge in [-0.2, -0.15) is 0 Å². The molecule has 31 heavy (non-hydrogen) atoms. The van der Waals surface area contributed by atoms with Crippen LogP contribution in [-0.2, 0) is 19.3 Å². The summed E-state index contributed by atoms with van der Waals surface area (Å²) in [6.45, 7) is 0.854. The summed E-state index contributed by atoms with van der Waals surface area (Å²) in [6, 6.07) is 17.0. The van der Waals surface area contributed by atoms with Crippen LogP contribution >= 0.6 is 0 Å². The van der Waals surface area contributed by atoms with Crippen LogP contribution in [0.25, 0.3) is 0 Å². The van der Waals surface area contributed by atoms with Crippen molar-refractivity contribution >= 4 is 11.9 Å². The number of rotatable bonds is 7. The lowest BCUT2D eigenvalue weighted by molar-refractivity contribution is 0.0694. The van der Waals surface area contributed by atoms with Crippen LogP contribution in [0.5, 0.6) is 0 Å². The van der Waals surface area contributed by atoms with E-state index in [1.165, 1.54) is 23.9 Å². The Balaban J connectivity index is 1.58. The Morgan fingerprint density at radius 2 is 1.87 bits per heavy atom. The molecule has 2 heterocycles. The smallest absolute Gasteiger partial charge is 0.339 e. The van der Waals surface area contributed by atoms with Crippen molar-refractivity contribution in [2.45, 2.75) is 44.6 Å². The molecule has 1 fully saturated rings. The lowest BCUT2D eigenvalue weighted by atomic mass is 9.96. The van der Waals surface area contributed by atoms with E-state index < -0.39 is 5.97 Å². The van der Waals surface area contributed by atoms with Gasteiger partial charge in [-0.15, -0.1) is 0 Å². The number of carboxylic acids is 1. The molecule has 1 aliphatic rings. The second kappa shape index (κ2) is 9.69. The van der Waals surface area contributed by atoms with E-state index in [2.05, 4.69) is 27.0 Å². The number of hydrogen-bond acceptors (Lipinski definition) is 4. The Morgan fingerprint density at radius 3 is 2.65 bits per heavy atom. The number of anilines is 1. The number of aryl methyl sites for hydroxylation is 2. The molecule has 0 unspecified atom stereocenters. The molecule has 1 aromatic heterocycles. The normalized spacial score (nSPS) is 16.3. The summed E-state index contributed by atoms with van der Waals surface area (Å²) < 4.78 is 13.5. The van der Waals surface area contributed by atoms with Gasteiger partial charge in [0.15, 0.2) is 0 Å². The Labute approximate surface area is 181 Å². The molecule has 3 aromatic rings. The Bertz CT molecular complexity index is 1040. The van der Waals surface area contributed by atoms with E-state index in [4.69, 9.17) is 0 Å². The summed E-state index contributed by atoms with van der Waals surface area (Å²) in [4.78, 5) is 23.0. The number of hydrogen-bond donors (Lipinski definition) is 1. The van der Waals surface area contributed by atoms with Gasteiger partial charge in [0, 0.05) is 18.8 Å². The zero-order valence-corrected chi connectivity index (χ0v) is 17.4. The second-order valence-corrected chi connectivity index (χ2v) is 8.00. The summed E-state index contributed by atoms with van der Waals surface area (Å²) in [5.74, 6) is -0.753. The number of halogens is 1. The van der Waals surface area contributed by atoms with Crippen molar-refractivity contribution in [1.82, 2.24) is 9.97 Å². The monoisotopic (exact) mass is 419 g/mol. The quantitative estimate of drug-likeness (QED) is 0.601. The van der Waals surface area contributed by atoms with Crippen molar-refractivity contribution in [3.05, 3.63) is 89.0 Å². The number of piperidine rings is 1. The first-order valence-corrected chi connectivity index (χ1v) is 10.7. The number of nitrogens with zero attached hydrogens (tertiary/aromatic N) is 3. The number of aromatic carboxylic acids is 1. The van der Waals surface area contributed by atoms with Crippen LogP contribution < -0.4 is 4.90 Å². The number of carboxylic acid groups (broad SMARTS) is 1. The molecule has 1 atom stereocenters. The first kappa shape index (κ1) is 21.0. The van der Waals surface area contributed by atoms with Crippen molar-refractivity contribution in [3.63, 3.8) is 0 Å². The standard InChI is InChI=1S/C25H26FN3O2/c26-20-10-6-9-19(15-20)12-13-23-22(24(30)31)17-27-25(28-23)29-14-5-4-11-21(29)16-18-7-2-1-3-8-18/h1-3,6-10,15,17,21H,4-5,11-14,16H2,(H,30,31)/t21-/m1/s1. The van der Waals surface area contributed by atoms with Crippen molar-refractivity contribution in [1.29, 1.82) is 0 Å². The molecule has 0 amide bonds. The van der Waals surface area contributed by atoms with Crippen molar-refractivity contribution < 1.29 is 14.3 Å². The molecule has 1 saturated heterocycles. The van der Waals surface area contributed by atoms with E-state index in [-0.39, 0.29) is 17.4 Å². The third-order valence-electron chi connectivity index (χ3n) is 5.82. The third-order valence-corrected chi connectivity index (χ3v) is 5.82. The van der Waals surface area contributed by atoms with Crippen LogP contribution in [-0.4, -0.2) is 33.6 Å². The van der Waals surface area contributed by atoms with E-state index in [1.54, 1.807) is 6.07 Å². The SMILES string of the molecule is O=C(O)c1cnc(N2CCCC[C@@H]2Cc2ccccc2)nc1CCc1cccc(F)c1. The molecule has 0 aliphatic carbocycles. The zero-order chi connectivity index (χ0) is 21.6. The average Bonchev–Trinajstić information content (AvgIpc) is 2.78. The maximum atomic E-state index is 13.5. The van der Waals surface area contributed by atoms with Gasteiger partial charge < -0.3 is 10.0 Å². The minimum atomic E-state index is -1.04. The van der Waals surface area contributed by atoms with Crippen LogP contribution in [0.4, 0.5) is 10.3 Å². The second-order valence-electron chi connectivity index (χ2n) is 8.00. The van der Waals surface area contributed by atoms with Gasteiger partial charge >= 0.3 is 5.97 Å². The highest BCUT2D eigenvalue weighted by Gasteiger charge is 2.26. The molecule has 1 aliphatic heterocycles. The van der Waals surface area contributed by atoms with Crippen molar-refractivity contribution in [2.75, 3.05) is 11.4 Å². The van der Waals surface area contributed by atoms with Gasteiger partial charge in [0.1, 0.15) is 5.82 Å². The van der Waals surface area contributed by atoms with Crippen molar-refractivity contribution in [3.8, 4) is 0 Å². The maximum Gasteiger partial charge on any atom is 0.339 e. The van der Waals surface area contributed by atoms with Gasteiger partial charge in [-0.25, -0.2) is 19.2 Å². The van der Waals surface area contributed by atoms with Crippen molar-refractivity contribution in [2.24, 2.45) is 0 Å². The van der Waals surface area contributed by atoms with E-state index >= 15 is 0 Å². The number of benzene rings is 2. The lowest BCUT2D eigenvalue weighted by Gasteiger charge is -2.36. The molecule has 4 rings (SSSR count). The summed E-state index contributed by atoms with van der Waals surface area (Å²) in [6.07, 6.45) is 6.53. The van der Waals surface area contributed by atoms with E-state index in [0.717, 1.165) is 37.8 Å². The predicted molar refractivity (Wildman–Crippen MR) is 118 cm³/mol. The highest BCUT2D eigenvalue weighted by atomic mass is 19.1. The van der Waals surface area contributed by atoms with E-state index in [0.29, 0.717) is 24.5 Å². The summed E-state index contributed by atoms with van der Waals surface area (Å²) in [7, 11) is 0. The molecule has 0 spiro atoms. The minimum absolute atomic E-state index is 0.108. The van der Waals surface area contributed by atoms with Gasteiger partial charge in [0.2, 0.25) is 5.95 Å². The molecule has 1 N–H and O–H groups in total. The topological polar surface area (TPSA) is 66.3 Å². The van der Waals surface area contributed by atoms with Crippen LogP contribution in [0.15, 0.2) is 60.8 Å². The molecule has 0 radical (unpaired) electrons. The molecular formula is C25H26FN3O2. The fourth-order valence-corrected chi connectivity index (χ4v) is 4.23.